The van der Waals surface area contributed by atoms with Crippen LogP contribution in [-0.4, -0.2) is 25.2 Å². The zero-order chi connectivity index (χ0) is 9.52. The lowest BCUT2D eigenvalue weighted by Crippen LogP contribution is -2.32. The van der Waals surface area contributed by atoms with E-state index >= 15 is 0 Å². The maximum atomic E-state index is 11.3. The van der Waals surface area contributed by atoms with E-state index in [2.05, 4.69) is 12.2 Å². The summed E-state index contributed by atoms with van der Waals surface area (Å²) < 4.78 is 5.13. The van der Waals surface area contributed by atoms with Crippen LogP contribution in [0.3, 0.4) is 0 Å². The highest BCUT2D eigenvalue weighted by Gasteiger charge is 2.22. The van der Waals surface area contributed by atoms with Gasteiger partial charge in [-0.1, -0.05) is 19.8 Å². The molecule has 13 heavy (non-hydrogen) atoms. The number of unbranched alkanes of at least 4 members (excludes halogenated alkanes) is 2. The van der Waals surface area contributed by atoms with Crippen LogP contribution in [0.15, 0.2) is 0 Å². The molecule has 0 aromatic carbocycles. The molecule has 0 aliphatic carbocycles. The van der Waals surface area contributed by atoms with Gasteiger partial charge in [0.2, 0.25) is 0 Å². The van der Waals surface area contributed by atoms with Crippen molar-refractivity contribution in [1.82, 2.24) is 5.32 Å². The zero-order valence-electron chi connectivity index (χ0n) is 8.34. The maximum Gasteiger partial charge on any atom is 0.323 e. The molecule has 1 heterocycles. The third-order valence-electron chi connectivity index (χ3n) is 2.34. The molecule has 1 aliphatic heterocycles. The third-order valence-corrected chi connectivity index (χ3v) is 2.34. The summed E-state index contributed by atoms with van der Waals surface area (Å²) in [4.78, 5) is 11.3. The Labute approximate surface area is 79.8 Å². The van der Waals surface area contributed by atoms with Crippen molar-refractivity contribution in [2.75, 3.05) is 13.2 Å². The number of nitrogens with one attached hydrogen (secondary N) is 1. The van der Waals surface area contributed by atoms with Crippen LogP contribution in [0, 0.1) is 0 Å². The standard InChI is InChI=1S/C10H19NO2/c1-2-3-4-8-13-10(12)9-6-5-7-11-9/h9,11H,2-8H2,1H3. The first-order valence-corrected chi connectivity index (χ1v) is 5.24. The molecule has 0 aromatic rings. The van der Waals surface area contributed by atoms with Crippen molar-refractivity contribution in [2.45, 2.75) is 45.1 Å². The van der Waals surface area contributed by atoms with Crippen LogP contribution < -0.4 is 5.32 Å². The second-order valence-electron chi connectivity index (χ2n) is 3.52. The molecule has 1 atom stereocenters. The van der Waals surface area contributed by atoms with Gasteiger partial charge >= 0.3 is 5.97 Å². The Hall–Kier alpha value is -0.570. The Morgan fingerprint density at radius 2 is 2.38 bits per heavy atom. The predicted octanol–water partition coefficient (Wildman–Crippen LogP) is 1.47. The molecule has 1 fully saturated rings. The number of hydrogen-bond acceptors (Lipinski definition) is 3. The highest BCUT2D eigenvalue weighted by Crippen LogP contribution is 2.06. The van der Waals surface area contributed by atoms with Gasteiger partial charge in [0.25, 0.3) is 0 Å². The van der Waals surface area contributed by atoms with Crippen molar-refractivity contribution < 1.29 is 9.53 Å². The molecule has 0 aromatic heterocycles. The topological polar surface area (TPSA) is 38.3 Å². The molecule has 0 saturated carbocycles. The molecular formula is C10H19NO2. The van der Waals surface area contributed by atoms with Gasteiger partial charge in [0, 0.05) is 0 Å². The smallest absolute Gasteiger partial charge is 0.323 e. The minimum Gasteiger partial charge on any atom is -0.465 e. The fourth-order valence-electron chi connectivity index (χ4n) is 1.51. The summed E-state index contributed by atoms with van der Waals surface area (Å²) in [6.07, 6.45) is 5.33. The zero-order valence-corrected chi connectivity index (χ0v) is 8.34. The van der Waals surface area contributed by atoms with Crippen molar-refractivity contribution in [1.29, 1.82) is 0 Å². The second-order valence-corrected chi connectivity index (χ2v) is 3.52. The van der Waals surface area contributed by atoms with Gasteiger partial charge in [0.1, 0.15) is 6.04 Å². The monoisotopic (exact) mass is 185 g/mol. The largest absolute Gasteiger partial charge is 0.465 e. The Balaban J connectivity index is 2.03. The number of rotatable bonds is 5. The number of hydrogen-bond donors (Lipinski definition) is 1. The number of carbonyl (C=O) groups excluding carboxylic acids is 1. The quantitative estimate of drug-likeness (QED) is 0.520. The van der Waals surface area contributed by atoms with E-state index in [9.17, 15) is 4.79 Å². The first kappa shape index (κ1) is 10.5. The summed E-state index contributed by atoms with van der Waals surface area (Å²) in [6, 6.07) is -0.0263. The fraction of sp³-hybridized carbons (Fsp3) is 0.900. The number of carbonyl (C=O) groups is 1. The van der Waals surface area contributed by atoms with Crippen LogP contribution in [-0.2, 0) is 9.53 Å². The highest BCUT2D eigenvalue weighted by molar-refractivity contribution is 5.76. The Bertz CT molecular complexity index is 153. The van der Waals surface area contributed by atoms with Crippen LogP contribution in [0.1, 0.15) is 39.0 Å². The molecule has 1 rings (SSSR count). The third kappa shape index (κ3) is 3.77. The van der Waals surface area contributed by atoms with Gasteiger partial charge in [0.15, 0.2) is 0 Å². The molecule has 1 aliphatic rings. The van der Waals surface area contributed by atoms with Gasteiger partial charge < -0.3 is 10.1 Å². The van der Waals surface area contributed by atoms with Gasteiger partial charge in [-0.15, -0.1) is 0 Å². The van der Waals surface area contributed by atoms with Gasteiger partial charge in [0.05, 0.1) is 6.61 Å². The van der Waals surface area contributed by atoms with E-state index in [4.69, 9.17) is 4.74 Å². The minimum absolute atomic E-state index is 0.0263. The molecule has 3 heteroatoms. The molecular weight excluding hydrogens is 166 g/mol. The summed E-state index contributed by atoms with van der Waals surface area (Å²) in [5.74, 6) is -0.0615. The minimum atomic E-state index is -0.0615. The van der Waals surface area contributed by atoms with Crippen molar-refractivity contribution in [3.63, 3.8) is 0 Å². The van der Waals surface area contributed by atoms with Crippen molar-refractivity contribution in [3.05, 3.63) is 0 Å². The van der Waals surface area contributed by atoms with E-state index in [1.807, 2.05) is 0 Å². The lowest BCUT2D eigenvalue weighted by Gasteiger charge is -2.09. The molecule has 0 amide bonds. The second kappa shape index (κ2) is 5.97. The molecule has 1 saturated heterocycles. The summed E-state index contributed by atoms with van der Waals surface area (Å²) in [6.45, 7) is 3.68. The SMILES string of the molecule is CCCCCOC(=O)C1CCCN1. The van der Waals surface area contributed by atoms with E-state index in [1.54, 1.807) is 0 Å². The molecule has 3 nitrogen and oxygen atoms in total. The molecule has 0 spiro atoms. The summed E-state index contributed by atoms with van der Waals surface area (Å²) in [5.41, 5.74) is 0. The van der Waals surface area contributed by atoms with Crippen LogP contribution >= 0.6 is 0 Å². The van der Waals surface area contributed by atoms with Crippen LogP contribution in [0.5, 0.6) is 0 Å². The lowest BCUT2D eigenvalue weighted by atomic mass is 10.2. The predicted molar refractivity (Wildman–Crippen MR) is 51.5 cm³/mol. The van der Waals surface area contributed by atoms with Gasteiger partial charge in [-0.25, -0.2) is 0 Å². The maximum absolute atomic E-state index is 11.3. The molecule has 0 radical (unpaired) electrons. The van der Waals surface area contributed by atoms with Crippen LogP contribution in [0.4, 0.5) is 0 Å². The molecule has 1 N–H and O–H groups in total. The van der Waals surface area contributed by atoms with Crippen LogP contribution in [0.25, 0.3) is 0 Å². The number of ether oxygens (including phenoxy) is 1. The summed E-state index contributed by atoms with van der Waals surface area (Å²) in [5, 5.41) is 3.12. The van der Waals surface area contributed by atoms with E-state index in [0.29, 0.717) is 6.61 Å². The van der Waals surface area contributed by atoms with Gasteiger partial charge in [-0.05, 0) is 25.8 Å². The van der Waals surface area contributed by atoms with E-state index < -0.39 is 0 Å². The normalized spacial score (nSPS) is 21.8. The average Bonchev–Trinajstić information content (AvgIpc) is 2.65. The number of esters is 1. The Morgan fingerprint density at radius 3 is 3.00 bits per heavy atom. The summed E-state index contributed by atoms with van der Waals surface area (Å²) in [7, 11) is 0. The van der Waals surface area contributed by atoms with Crippen molar-refractivity contribution >= 4 is 5.97 Å². The van der Waals surface area contributed by atoms with E-state index in [-0.39, 0.29) is 12.0 Å². The van der Waals surface area contributed by atoms with Gasteiger partial charge in [-0.3, -0.25) is 4.79 Å². The highest BCUT2D eigenvalue weighted by atomic mass is 16.5. The average molecular weight is 185 g/mol. The van der Waals surface area contributed by atoms with Crippen molar-refractivity contribution in [2.24, 2.45) is 0 Å². The van der Waals surface area contributed by atoms with Crippen molar-refractivity contribution in [3.8, 4) is 0 Å². The molecule has 76 valence electrons. The first-order chi connectivity index (χ1) is 6.34. The fourth-order valence-corrected chi connectivity index (χ4v) is 1.51. The molecule has 0 bridgehead atoms. The van der Waals surface area contributed by atoms with E-state index in [0.717, 1.165) is 32.2 Å². The Morgan fingerprint density at radius 1 is 1.54 bits per heavy atom. The lowest BCUT2D eigenvalue weighted by molar-refractivity contribution is -0.145. The first-order valence-electron chi connectivity index (χ1n) is 5.24. The summed E-state index contributed by atoms with van der Waals surface area (Å²) >= 11 is 0. The van der Waals surface area contributed by atoms with Crippen LogP contribution in [0.2, 0.25) is 0 Å². The van der Waals surface area contributed by atoms with E-state index in [1.165, 1.54) is 6.42 Å². The molecule has 1 unspecified atom stereocenters. The Kier molecular flexibility index (Phi) is 4.83. The van der Waals surface area contributed by atoms with Gasteiger partial charge in [-0.2, -0.15) is 0 Å².